The molecule has 1 atom stereocenters. The van der Waals surface area contributed by atoms with Gasteiger partial charge in [0.25, 0.3) is 5.56 Å². The molecule has 0 unspecified atom stereocenters. The molecule has 4 aromatic rings. The molecule has 0 spiro atoms. The van der Waals surface area contributed by atoms with Gasteiger partial charge in [0.1, 0.15) is 5.65 Å². The molecular formula is C31H31N5O3. The van der Waals surface area contributed by atoms with Crippen molar-refractivity contribution in [1.29, 1.82) is 5.26 Å². The third-order valence-corrected chi connectivity index (χ3v) is 7.59. The molecule has 1 aliphatic rings. The Morgan fingerprint density at radius 1 is 1.13 bits per heavy atom. The predicted molar refractivity (Wildman–Crippen MR) is 152 cm³/mol. The number of para-hydroxylation sites is 1. The molecule has 0 bridgehead atoms. The second-order valence-electron chi connectivity index (χ2n) is 10.2. The highest BCUT2D eigenvalue weighted by Crippen LogP contribution is 2.32. The molecule has 0 saturated carbocycles. The van der Waals surface area contributed by atoms with Gasteiger partial charge in [0.05, 0.1) is 28.9 Å². The fraction of sp³-hybridized carbons (Fsp3) is 0.290. The zero-order valence-corrected chi connectivity index (χ0v) is 22.3. The van der Waals surface area contributed by atoms with Crippen LogP contribution in [0, 0.1) is 25.2 Å². The molecule has 5 rings (SSSR count). The summed E-state index contributed by atoms with van der Waals surface area (Å²) in [5, 5.41) is 22.0. The van der Waals surface area contributed by atoms with Crippen LogP contribution in [0.15, 0.2) is 65.6 Å². The summed E-state index contributed by atoms with van der Waals surface area (Å²) in [5.41, 5.74) is 6.22. The molecule has 8 heteroatoms. The van der Waals surface area contributed by atoms with E-state index in [9.17, 15) is 14.7 Å². The summed E-state index contributed by atoms with van der Waals surface area (Å²) in [4.78, 5) is 32.7. The Morgan fingerprint density at radius 2 is 1.82 bits per heavy atom. The first-order chi connectivity index (χ1) is 18.8. The summed E-state index contributed by atoms with van der Waals surface area (Å²) < 4.78 is 1.62. The van der Waals surface area contributed by atoms with Crippen molar-refractivity contribution in [3.63, 3.8) is 0 Å². The molecule has 1 aliphatic heterocycles. The topological polar surface area (TPSA) is 111 Å². The second-order valence-corrected chi connectivity index (χ2v) is 10.2. The fourth-order valence-electron chi connectivity index (χ4n) is 5.49. The number of rotatable bonds is 6. The van der Waals surface area contributed by atoms with E-state index in [2.05, 4.69) is 16.3 Å². The van der Waals surface area contributed by atoms with E-state index >= 15 is 0 Å². The molecule has 1 fully saturated rings. The summed E-state index contributed by atoms with van der Waals surface area (Å²) in [5.74, 6) is -0.846. The van der Waals surface area contributed by atoms with Gasteiger partial charge in [-0.3, -0.25) is 9.20 Å². The number of benzene rings is 2. The van der Waals surface area contributed by atoms with Gasteiger partial charge in [0, 0.05) is 47.7 Å². The molecule has 0 radical (unpaired) electrons. The molecular weight excluding hydrogens is 490 g/mol. The minimum Gasteiger partial charge on any atom is -0.478 e. The molecule has 8 nitrogen and oxygen atoms in total. The third-order valence-electron chi connectivity index (χ3n) is 7.59. The number of hydrogen-bond acceptors (Lipinski definition) is 6. The van der Waals surface area contributed by atoms with E-state index in [-0.39, 0.29) is 23.1 Å². The number of fused-ring (bicyclic) bond motifs is 1. The summed E-state index contributed by atoms with van der Waals surface area (Å²) >= 11 is 0. The van der Waals surface area contributed by atoms with Gasteiger partial charge in [-0.05, 0) is 81.6 Å². The van der Waals surface area contributed by atoms with Crippen molar-refractivity contribution in [2.75, 3.05) is 23.3 Å². The van der Waals surface area contributed by atoms with E-state index in [1.807, 2.05) is 57.3 Å². The van der Waals surface area contributed by atoms with Gasteiger partial charge in [-0.15, -0.1) is 0 Å². The smallest absolute Gasteiger partial charge is 0.337 e. The maximum absolute atomic E-state index is 13.6. The second kappa shape index (κ2) is 10.6. The first-order valence-electron chi connectivity index (χ1n) is 13.1. The first-order valence-corrected chi connectivity index (χ1v) is 13.1. The van der Waals surface area contributed by atoms with Crippen molar-refractivity contribution in [3.8, 4) is 6.07 Å². The first kappa shape index (κ1) is 26.0. The average molecular weight is 522 g/mol. The number of aromatic nitrogens is 2. The number of carboxylic acids is 1. The van der Waals surface area contributed by atoms with Gasteiger partial charge in [-0.2, -0.15) is 5.26 Å². The van der Waals surface area contributed by atoms with Crippen LogP contribution >= 0.6 is 0 Å². The number of nitriles is 1. The SMILES string of the molecule is Cc1cc([C@@H](C)Nc2ccccc2C(=O)O)c2nc(C3CCN(c4ccc(C#N)cc4)CC3)c(C)c(=O)n2c1. The van der Waals surface area contributed by atoms with Crippen LogP contribution in [0.3, 0.4) is 0 Å². The number of carboxylic acid groups (broad SMARTS) is 1. The van der Waals surface area contributed by atoms with Crippen molar-refractivity contribution in [3.05, 3.63) is 105 Å². The van der Waals surface area contributed by atoms with Crippen molar-refractivity contribution in [2.24, 2.45) is 0 Å². The van der Waals surface area contributed by atoms with Crippen LogP contribution < -0.4 is 15.8 Å². The molecule has 1 saturated heterocycles. The van der Waals surface area contributed by atoms with E-state index in [4.69, 9.17) is 10.2 Å². The number of pyridine rings is 1. The molecule has 2 N–H and O–H groups in total. The normalized spacial score (nSPS) is 14.7. The minimum atomic E-state index is -1.00. The van der Waals surface area contributed by atoms with E-state index in [1.54, 1.807) is 28.7 Å². The van der Waals surface area contributed by atoms with E-state index in [0.29, 0.717) is 22.5 Å². The lowest BCUT2D eigenvalue weighted by Crippen LogP contribution is -2.34. The van der Waals surface area contributed by atoms with Gasteiger partial charge < -0.3 is 15.3 Å². The van der Waals surface area contributed by atoms with Crippen LogP contribution in [-0.4, -0.2) is 33.6 Å². The Morgan fingerprint density at radius 3 is 2.49 bits per heavy atom. The van der Waals surface area contributed by atoms with Crippen molar-refractivity contribution in [2.45, 2.75) is 45.6 Å². The van der Waals surface area contributed by atoms with E-state index in [0.717, 1.165) is 48.4 Å². The molecule has 39 heavy (non-hydrogen) atoms. The number of nitrogens with zero attached hydrogens (tertiary/aromatic N) is 4. The highest BCUT2D eigenvalue weighted by atomic mass is 16.4. The van der Waals surface area contributed by atoms with Gasteiger partial charge >= 0.3 is 5.97 Å². The highest BCUT2D eigenvalue weighted by Gasteiger charge is 2.26. The number of carbonyl (C=O) groups is 1. The number of aromatic carboxylic acids is 1. The Labute approximate surface area is 227 Å². The van der Waals surface area contributed by atoms with E-state index in [1.165, 1.54) is 0 Å². The molecule has 2 aromatic heterocycles. The van der Waals surface area contributed by atoms with Crippen LogP contribution in [0.5, 0.6) is 0 Å². The summed E-state index contributed by atoms with van der Waals surface area (Å²) in [7, 11) is 0. The lowest BCUT2D eigenvalue weighted by Gasteiger charge is -2.34. The number of piperidine rings is 1. The monoisotopic (exact) mass is 521 g/mol. The van der Waals surface area contributed by atoms with Crippen molar-refractivity contribution < 1.29 is 9.90 Å². The van der Waals surface area contributed by atoms with Crippen molar-refractivity contribution in [1.82, 2.24) is 9.38 Å². The average Bonchev–Trinajstić information content (AvgIpc) is 2.95. The van der Waals surface area contributed by atoms with Crippen LogP contribution in [0.4, 0.5) is 11.4 Å². The van der Waals surface area contributed by atoms with E-state index < -0.39 is 5.97 Å². The Hall–Kier alpha value is -4.64. The number of nitrogens with one attached hydrogen (secondary N) is 1. The Bertz CT molecular complexity index is 1640. The molecule has 0 aliphatic carbocycles. The number of aryl methyl sites for hydroxylation is 1. The van der Waals surface area contributed by atoms with Crippen molar-refractivity contribution >= 4 is 23.0 Å². The maximum Gasteiger partial charge on any atom is 0.337 e. The zero-order chi connectivity index (χ0) is 27.7. The third kappa shape index (κ3) is 5.08. The molecule has 3 heterocycles. The van der Waals surface area contributed by atoms with Gasteiger partial charge in [0.2, 0.25) is 0 Å². The number of anilines is 2. The predicted octanol–water partition coefficient (Wildman–Crippen LogP) is 5.44. The summed E-state index contributed by atoms with van der Waals surface area (Å²) in [6.07, 6.45) is 3.55. The highest BCUT2D eigenvalue weighted by molar-refractivity contribution is 5.94. The Kier molecular flexibility index (Phi) is 7.07. The molecule has 0 amide bonds. The lowest BCUT2D eigenvalue weighted by molar-refractivity contribution is 0.0698. The largest absolute Gasteiger partial charge is 0.478 e. The zero-order valence-electron chi connectivity index (χ0n) is 22.3. The minimum absolute atomic E-state index is 0.0763. The molecule has 2 aromatic carbocycles. The van der Waals surface area contributed by atoms with Crippen LogP contribution in [0.25, 0.3) is 5.65 Å². The van der Waals surface area contributed by atoms with Crippen LogP contribution in [0.2, 0.25) is 0 Å². The fourth-order valence-corrected chi connectivity index (χ4v) is 5.49. The van der Waals surface area contributed by atoms with Gasteiger partial charge in [0.15, 0.2) is 0 Å². The van der Waals surface area contributed by atoms with Gasteiger partial charge in [-0.1, -0.05) is 12.1 Å². The summed E-state index contributed by atoms with van der Waals surface area (Å²) in [6.45, 7) is 7.42. The lowest BCUT2D eigenvalue weighted by atomic mass is 9.90. The standard InChI is InChI=1S/C31H31N5O3/c1-19-16-26(21(3)33-27-7-5-4-6-25(27)31(38)39)29-34-28(20(2)30(37)36(29)18-19)23-12-14-35(15-13-23)24-10-8-22(17-32)9-11-24/h4-11,16,18,21,23,33H,12-15H2,1-3H3,(H,38,39)/t21-/m1/s1. The van der Waals surface area contributed by atoms with Crippen LogP contribution in [0.1, 0.15) is 70.0 Å². The van der Waals surface area contributed by atoms with Gasteiger partial charge in [-0.25, -0.2) is 9.78 Å². The summed E-state index contributed by atoms with van der Waals surface area (Å²) in [6, 6.07) is 18.3. The quantitative estimate of drug-likeness (QED) is 0.348. The number of hydrogen-bond donors (Lipinski definition) is 2. The Balaban J connectivity index is 1.47. The molecule has 198 valence electrons. The van der Waals surface area contributed by atoms with Crippen LogP contribution in [-0.2, 0) is 0 Å². The maximum atomic E-state index is 13.6.